The molecule has 0 aliphatic carbocycles. The van der Waals surface area contributed by atoms with Crippen LogP contribution >= 0.6 is 23.1 Å². The number of aromatic nitrogens is 1. The van der Waals surface area contributed by atoms with Crippen LogP contribution in [0.5, 0.6) is 5.75 Å². The third kappa shape index (κ3) is 5.46. The number of benzene rings is 1. The average molecular weight is 491 g/mol. The molecule has 3 aromatic rings. The van der Waals surface area contributed by atoms with Gasteiger partial charge >= 0.3 is 6.61 Å². The number of ether oxygens (including phenoxy) is 1. The zero-order valence-electron chi connectivity index (χ0n) is 16.7. The van der Waals surface area contributed by atoms with Crippen molar-refractivity contribution in [2.75, 3.05) is 13.1 Å². The number of hydrogen-bond donors (Lipinski definition) is 1. The monoisotopic (exact) mass is 491 g/mol. The van der Waals surface area contributed by atoms with Gasteiger partial charge < -0.3 is 14.6 Å². The maximum Gasteiger partial charge on any atom is 0.387 e. The van der Waals surface area contributed by atoms with E-state index in [-0.39, 0.29) is 29.4 Å². The molecule has 170 valence electrons. The van der Waals surface area contributed by atoms with Crippen molar-refractivity contribution in [1.82, 2.24) is 15.4 Å². The largest absolute Gasteiger partial charge is 0.435 e. The Morgan fingerprint density at radius 2 is 2.03 bits per heavy atom. The highest BCUT2D eigenvalue weighted by Gasteiger charge is 2.34. The molecular weight excluding hydrogens is 476 g/mol. The molecule has 12 heteroatoms. The van der Waals surface area contributed by atoms with Crippen LogP contribution in [0.15, 0.2) is 57.3 Å². The molecule has 0 atom stereocenters. The van der Waals surface area contributed by atoms with Gasteiger partial charge in [-0.2, -0.15) is 8.78 Å². The summed E-state index contributed by atoms with van der Waals surface area (Å²) in [6.07, 6.45) is 1.48. The van der Waals surface area contributed by atoms with E-state index in [1.807, 2.05) is 17.5 Å². The first kappa shape index (κ1) is 22.7. The Kier molecular flexibility index (Phi) is 6.84. The van der Waals surface area contributed by atoms with E-state index in [9.17, 15) is 23.2 Å². The highest BCUT2D eigenvalue weighted by molar-refractivity contribution is 8.18. The lowest BCUT2D eigenvalue weighted by Crippen LogP contribution is -2.37. The summed E-state index contributed by atoms with van der Waals surface area (Å²) >= 11 is 2.21. The lowest BCUT2D eigenvalue weighted by molar-refractivity contribution is -0.122. The van der Waals surface area contributed by atoms with E-state index >= 15 is 0 Å². The van der Waals surface area contributed by atoms with Gasteiger partial charge in [0, 0.05) is 19.2 Å². The lowest BCUT2D eigenvalue weighted by Gasteiger charge is -2.12. The van der Waals surface area contributed by atoms with Crippen molar-refractivity contribution in [3.05, 3.63) is 64.0 Å². The molecule has 1 saturated heterocycles. The van der Waals surface area contributed by atoms with Gasteiger partial charge in [0.1, 0.15) is 5.75 Å². The van der Waals surface area contributed by atoms with Crippen molar-refractivity contribution in [3.8, 4) is 16.4 Å². The molecule has 0 spiro atoms. The van der Waals surface area contributed by atoms with Crippen LogP contribution in [-0.2, 0) is 4.79 Å². The zero-order valence-corrected chi connectivity index (χ0v) is 18.3. The van der Waals surface area contributed by atoms with E-state index < -0.39 is 23.7 Å². The number of amides is 3. The molecule has 0 radical (unpaired) electrons. The SMILES string of the molecule is O=C(NCCN1C(=O)S/C(=C\c2ccc(OC(F)F)cc2)C1=O)c1cc(-c2cccs2)on1. The summed E-state index contributed by atoms with van der Waals surface area (Å²) in [6.45, 7) is -2.92. The second-order valence-corrected chi connectivity index (χ2v) is 8.53. The van der Waals surface area contributed by atoms with Gasteiger partial charge in [0.25, 0.3) is 17.1 Å². The molecule has 1 aliphatic rings. The number of halogens is 2. The molecule has 1 aromatic carbocycles. The van der Waals surface area contributed by atoms with E-state index in [1.165, 1.54) is 47.7 Å². The van der Waals surface area contributed by atoms with Crippen molar-refractivity contribution in [2.45, 2.75) is 6.61 Å². The molecule has 1 fully saturated rings. The first-order chi connectivity index (χ1) is 15.9. The van der Waals surface area contributed by atoms with Crippen LogP contribution in [0.2, 0.25) is 0 Å². The molecule has 8 nitrogen and oxygen atoms in total. The van der Waals surface area contributed by atoms with Crippen molar-refractivity contribution in [1.29, 1.82) is 0 Å². The first-order valence-corrected chi connectivity index (χ1v) is 11.2. The maximum atomic E-state index is 12.6. The number of alkyl halides is 2. The topological polar surface area (TPSA) is 102 Å². The van der Waals surface area contributed by atoms with Crippen molar-refractivity contribution < 1.29 is 32.4 Å². The fourth-order valence-electron chi connectivity index (χ4n) is 2.88. The van der Waals surface area contributed by atoms with E-state index in [4.69, 9.17) is 4.52 Å². The predicted octanol–water partition coefficient (Wildman–Crippen LogP) is 4.47. The number of thioether (sulfide) groups is 1. The zero-order chi connectivity index (χ0) is 23.4. The summed E-state index contributed by atoms with van der Waals surface area (Å²) in [5.41, 5.74) is 0.634. The van der Waals surface area contributed by atoms with Crippen LogP contribution in [0, 0.1) is 0 Å². The smallest absolute Gasteiger partial charge is 0.387 e. The normalized spacial score (nSPS) is 15.0. The minimum absolute atomic E-state index is 0.0133. The summed E-state index contributed by atoms with van der Waals surface area (Å²) in [6, 6.07) is 10.9. The second-order valence-electron chi connectivity index (χ2n) is 6.59. The summed E-state index contributed by atoms with van der Waals surface area (Å²) < 4.78 is 33.9. The van der Waals surface area contributed by atoms with Gasteiger partial charge in [0.15, 0.2) is 11.5 Å². The number of carbonyl (C=O) groups is 3. The van der Waals surface area contributed by atoms with Gasteiger partial charge in [-0.15, -0.1) is 11.3 Å². The van der Waals surface area contributed by atoms with E-state index in [1.54, 1.807) is 0 Å². The summed E-state index contributed by atoms with van der Waals surface area (Å²) in [5, 5.41) is 7.75. The molecule has 33 heavy (non-hydrogen) atoms. The first-order valence-electron chi connectivity index (χ1n) is 9.50. The Hall–Kier alpha value is -3.51. The molecule has 0 saturated carbocycles. The van der Waals surface area contributed by atoms with Gasteiger partial charge in [-0.3, -0.25) is 19.3 Å². The highest BCUT2D eigenvalue weighted by atomic mass is 32.2. The van der Waals surface area contributed by atoms with Gasteiger partial charge in [0.05, 0.1) is 9.78 Å². The number of imide groups is 1. The highest BCUT2D eigenvalue weighted by Crippen LogP contribution is 2.32. The Balaban J connectivity index is 1.32. The average Bonchev–Trinajstić information content (AvgIpc) is 3.52. The number of carbonyl (C=O) groups excluding carboxylic acids is 3. The van der Waals surface area contributed by atoms with Crippen LogP contribution in [-0.4, -0.2) is 46.8 Å². The quantitative estimate of drug-likeness (QED) is 0.464. The van der Waals surface area contributed by atoms with Crippen molar-refractivity contribution in [2.24, 2.45) is 0 Å². The lowest BCUT2D eigenvalue weighted by atomic mass is 10.2. The third-order valence-corrected chi connectivity index (χ3v) is 6.20. The minimum Gasteiger partial charge on any atom is -0.435 e. The van der Waals surface area contributed by atoms with Gasteiger partial charge in [-0.1, -0.05) is 23.4 Å². The molecule has 3 amide bonds. The Labute approximate surface area is 194 Å². The molecule has 0 unspecified atom stereocenters. The van der Waals surface area contributed by atoms with Crippen LogP contribution in [0.4, 0.5) is 13.6 Å². The fourth-order valence-corrected chi connectivity index (χ4v) is 4.42. The minimum atomic E-state index is -2.93. The molecule has 1 N–H and O–H groups in total. The van der Waals surface area contributed by atoms with Crippen LogP contribution in [0.1, 0.15) is 16.1 Å². The second kappa shape index (κ2) is 9.96. The molecule has 0 bridgehead atoms. The summed E-state index contributed by atoms with van der Waals surface area (Å²) in [4.78, 5) is 39.1. The van der Waals surface area contributed by atoms with Gasteiger partial charge in [-0.25, -0.2) is 0 Å². The number of hydrogen-bond acceptors (Lipinski definition) is 8. The molecule has 2 aromatic heterocycles. The fraction of sp³-hybridized carbons (Fsp3) is 0.143. The Morgan fingerprint density at radius 1 is 1.24 bits per heavy atom. The van der Waals surface area contributed by atoms with E-state index in [0.717, 1.165) is 21.5 Å². The molecule has 4 rings (SSSR count). The number of nitrogens with one attached hydrogen (secondary N) is 1. The van der Waals surface area contributed by atoms with Crippen LogP contribution in [0.3, 0.4) is 0 Å². The van der Waals surface area contributed by atoms with Gasteiger partial charge in [0.2, 0.25) is 0 Å². The number of nitrogens with zero attached hydrogens (tertiary/aromatic N) is 2. The van der Waals surface area contributed by atoms with Gasteiger partial charge in [-0.05, 0) is 47.0 Å². The molecule has 3 heterocycles. The predicted molar refractivity (Wildman–Crippen MR) is 118 cm³/mol. The van der Waals surface area contributed by atoms with Crippen LogP contribution < -0.4 is 10.1 Å². The molecular formula is C21H15F2N3O5S2. The Bertz CT molecular complexity index is 1190. The maximum absolute atomic E-state index is 12.6. The van der Waals surface area contributed by atoms with Crippen molar-refractivity contribution >= 4 is 46.2 Å². The third-order valence-electron chi connectivity index (χ3n) is 4.40. The van der Waals surface area contributed by atoms with E-state index in [2.05, 4.69) is 15.2 Å². The molecule has 1 aliphatic heterocycles. The standard InChI is InChI=1S/C21H15F2N3O5S2/c22-20(23)30-13-5-3-12(4-6-13)10-17-19(28)26(21(29)33-17)8-7-24-18(27)14-11-15(31-25-14)16-2-1-9-32-16/h1-6,9-11,20H,7-8H2,(H,24,27)/b17-10-. The summed E-state index contributed by atoms with van der Waals surface area (Å²) in [7, 11) is 0. The summed E-state index contributed by atoms with van der Waals surface area (Å²) in [5.74, 6) is -0.538. The number of thiophene rings is 1. The van der Waals surface area contributed by atoms with E-state index in [0.29, 0.717) is 11.3 Å². The van der Waals surface area contributed by atoms with Crippen LogP contribution in [0.25, 0.3) is 16.7 Å². The Morgan fingerprint density at radius 3 is 2.73 bits per heavy atom. The van der Waals surface area contributed by atoms with Crippen molar-refractivity contribution in [3.63, 3.8) is 0 Å². The number of rotatable bonds is 8.